The molecule has 2 aliphatic rings. The number of hydrogen-bond acceptors (Lipinski definition) is 2. The maximum Gasteiger partial charge on any atom is 0.222 e. The zero-order valence-electron chi connectivity index (χ0n) is 13.9. The minimum Gasteiger partial charge on any atom is -0.339 e. The van der Waals surface area contributed by atoms with Gasteiger partial charge in [0.25, 0.3) is 0 Å². The Morgan fingerprint density at radius 3 is 2.52 bits per heavy atom. The van der Waals surface area contributed by atoms with Gasteiger partial charge >= 0.3 is 0 Å². The number of piperidine rings is 1. The summed E-state index contributed by atoms with van der Waals surface area (Å²) in [5.74, 6) is 1.19. The molecule has 2 saturated heterocycles. The molecule has 1 N–H and O–H groups in total. The first-order valence-electron chi connectivity index (χ1n) is 9.33. The highest BCUT2D eigenvalue weighted by atomic mass is 16.2. The SMILES string of the molecule is CCCCCCCCC(=O)N1CCCC1C1CCNCC1. The second-order valence-corrected chi connectivity index (χ2v) is 6.90. The molecule has 21 heavy (non-hydrogen) atoms. The minimum absolute atomic E-state index is 0.437. The van der Waals surface area contributed by atoms with Crippen molar-refractivity contribution in [3.8, 4) is 0 Å². The molecule has 0 aliphatic carbocycles. The molecule has 2 heterocycles. The Labute approximate surface area is 130 Å². The average molecular weight is 294 g/mol. The van der Waals surface area contributed by atoms with E-state index < -0.39 is 0 Å². The van der Waals surface area contributed by atoms with E-state index in [0.29, 0.717) is 11.9 Å². The number of likely N-dealkylation sites (tertiary alicyclic amines) is 1. The van der Waals surface area contributed by atoms with E-state index in [-0.39, 0.29) is 0 Å². The van der Waals surface area contributed by atoms with Crippen LogP contribution in [-0.2, 0) is 4.79 Å². The van der Waals surface area contributed by atoms with E-state index in [2.05, 4.69) is 17.1 Å². The average Bonchev–Trinajstić information content (AvgIpc) is 3.01. The first-order chi connectivity index (χ1) is 10.3. The largest absolute Gasteiger partial charge is 0.339 e. The van der Waals surface area contributed by atoms with Crippen molar-refractivity contribution in [2.75, 3.05) is 19.6 Å². The summed E-state index contributed by atoms with van der Waals surface area (Å²) in [5, 5.41) is 3.44. The zero-order valence-corrected chi connectivity index (χ0v) is 13.9. The van der Waals surface area contributed by atoms with Crippen LogP contribution in [0, 0.1) is 5.92 Å². The van der Waals surface area contributed by atoms with E-state index in [9.17, 15) is 4.79 Å². The van der Waals surface area contributed by atoms with E-state index in [1.54, 1.807) is 0 Å². The quantitative estimate of drug-likeness (QED) is 0.692. The summed E-state index contributed by atoms with van der Waals surface area (Å²) < 4.78 is 0. The molecule has 0 radical (unpaired) electrons. The van der Waals surface area contributed by atoms with Crippen molar-refractivity contribution in [3.05, 3.63) is 0 Å². The number of unbranched alkanes of at least 4 members (excludes halogenated alkanes) is 5. The standard InChI is InChI=1S/C18H34N2O/c1-2-3-4-5-6-7-10-18(21)20-15-8-9-17(20)16-11-13-19-14-12-16/h16-17,19H,2-15H2,1H3. The fourth-order valence-electron chi connectivity index (χ4n) is 4.02. The zero-order chi connectivity index (χ0) is 14.9. The Bertz CT molecular complexity index is 300. The van der Waals surface area contributed by atoms with Crippen LogP contribution >= 0.6 is 0 Å². The van der Waals surface area contributed by atoms with E-state index >= 15 is 0 Å². The Balaban J connectivity index is 1.68. The highest BCUT2D eigenvalue weighted by Crippen LogP contribution is 2.30. The lowest BCUT2D eigenvalue weighted by atomic mass is 9.88. The molecule has 0 aromatic rings. The fraction of sp³-hybridized carbons (Fsp3) is 0.944. The molecule has 1 atom stereocenters. The molecular formula is C18H34N2O. The molecule has 3 nitrogen and oxygen atoms in total. The van der Waals surface area contributed by atoms with Gasteiger partial charge in [-0.15, -0.1) is 0 Å². The van der Waals surface area contributed by atoms with E-state index in [0.717, 1.165) is 38.4 Å². The van der Waals surface area contributed by atoms with Gasteiger partial charge in [-0.3, -0.25) is 4.79 Å². The molecule has 0 spiro atoms. The molecule has 2 rings (SSSR count). The van der Waals surface area contributed by atoms with Crippen LogP contribution in [0.2, 0.25) is 0 Å². The molecule has 0 aromatic heterocycles. The lowest BCUT2D eigenvalue weighted by Crippen LogP contribution is -2.43. The van der Waals surface area contributed by atoms with Crippen molar-refractivity contribution in [1.82, 2.24) is 10.2 Å². The van der Waals surface area contributed by atoms with E-state index in [4.69, 9.17) is 0 Å². The second kappa shape index (κ2) is 9.45. The van der Waals surface area contributed by atoms with Gasteiger partial charge in [0.2, 0.25) is 5.91 Å². The number of amides is 1. The van der Waals surface area contributed by atoms with Crippen LogP contribution in [0.15, 0.2) is 0 Å². The smallest absolute Gasteiger partial charge is 0.222 e. The highest BCUT2D eigenvalue weighted by molar-refractivity contribution is 5.76. The maximum atomic E-state index is 12.5. The Hall–Kier alpha value is -0.570. The first-order valence-corrected chi connectivity index (χ1v) is 9.33. The highest BCUT2D eigenvalue weighted by Gasteiger charge is 2.34. The minimum atomic E-state index is 0.437. The third-order valence-corrected chi connectivity index (χ3v) is 5.29. The molecule has 1 amide bonds. The second-order valence-electron chi connectivity index (χ2n) is 6.90. The van der Waals surface area contributed by atoms with Crippen LogP contribution in [0.25, 0.3) is 0 Å². The van der Waals surface area contributed by atoms with Gasteiger partial charge in [-0.1, -0.05) is 39.0 Å². The van der Waals surface area contributed by atoms with Gasteiger partial charge < -0.3 is 10.2 Å². The number of rotatable bonds is 8. The van der Waals surface area contributed by atoms with Crippen molar-refractivity contribution in [2.24, 2.45) is 5.92 Å². The third kappa shape index (κ3) is 5.28. The van der Waals surface area contributed by atoms with Gasteiger partial charge in [0.05, 0.1) is 0 Å². The van der Waals surface area contributed by atoms with Crippen LogP contribution in [0.1, 0.15) is 77.6 Å². The number of carbonyl (C=O) groups excluding carboxylic acids is 1. The molecule has 2 aliphatic heterocycles. The van der Waals surface area contributed by atoms with Crippen LogP contribution in [0.4, 0.5) is 0 Å². The third-order valence-electron chi connectivity index (χ3n) is 5.29. The molecule has 0 saturated carbocycles. The molecular weight excluding hydrogens is 260 g/mol. The topological polar surface area (TPSA) is 32.3 Å². The summed E-state index contributed by atoms with van der Waals surface area (Å²) in [5.41, 5.74) is 0. The molecule has 3 heteroatoms. The van der Waals surface area contributed by atoms with Gasteiger partial charge in [-0.05, 0) is 51.1 Å². The van der Waals surface area contributed by atoms with Crippen LogP contribution in [-0.4, -0.2) is 36.5 Å². The fourth-order valence-corrected chi connectivity index (χ4v) is 4.02. The predicted molar refractivity (Wildman–Crippen MR) is 88.3 cm³/mol. The summed E-state index contributed by atoms with van der Waals surface area (Å²) in [7, 11) is 0. The monoisotopic (exact) mass is 294 g/mol. The predicted octanol–water partition coefficient (Wildman–Crippen LogP) is 3.73. The van der Waals surface area contributed by atoms with Crippen molar-refractivity contribution in [1.29, 1.82) is 0 Å². The Morgan fingerprint density at radius 2 is 1.76 bits per heavy atom. The van der Waals surface area contributed by atoms with Gasteiger partial charge in [-0.25, -0.2) is 0 Å². The maximum absolute atomic E-state index is 12.5. The Morgan fingerprint density at radius 1 is 1.05 bits per heavy atom. The van der Waals surface area contributed by atoms with E-state index in [1.807, 2.05) is 0 Å². The number of carbonyl (C=O) groups is 1. The van der Waals surface area contributed by atoms with Crippen LogP contribution in [0.5, 0.6) is 0 Å². The van der Waals surface area contributed by atoms with Gasteiger partial charge in [0.15, 0.2) is 0 Å². The van der Waals surface area contributed by atoms with Crippen molar-refractivity contribution in [3.63, 3.8) is 0 Å². The molecule has 122 valence electrons. The first kappa shape index (κ1) is 16.8. The van der Waals surface area contributed by atoms with Crippen molar-refractivity contribution >= 4 is 5.91 Å². The number of nitrogens with one attached hydrogen (secondary N) is 1. The van der Waals surface area contributed by atoms with Crippen molar-refractivity contribution < 1.29 is 4.79 Å². The molecule has 1 unspecified atom stereocenters. The molecule has 0 aromatic carbocycles. The lowest BCUT2D eigenvalue weighted by Gasteiger charge is -2.34. The van der Waals surface area contributed by atoms with Gasteiger partial charge in [-0.2, -0.15) is 0 Å². The van der Waals surface area contributed by atoms with Gasteiger partial charge in [0.1, 0.15) is 0 Å². The molecule has 0 bridgehead atoms. The number of hydrogen-bond donors (Lipinski definition) is 1. The van der Waals surface area contributed by atoms with E-state index in [1.165, 1.54) is 57.8 Å². The van der Waals surface area contributed by atoms with Gasteiger partial charge in [0, 0.05) is 19.0 Å². The number of nitrogens with zero attached hydrogens (tertiary/aromatic N) is 1. The summed E-state index contributed by atoms with van der Waals surface area (Å²) in [6.07, 6.45) is 13.4. The summed E-state index contributed by atoms with van der Waals surface area (Å²) in [4.78, 5) is 14.7. The van der Waals surface area contributed by atoms with Crippen LogP contribution < -0.4 is 5.32 Å². The van der Waals surface area contributed by atoms with Crippen molar-refractivity contribution in [2.45, 2.75) is 83.6 Å². The van der Waals surface area contributed by atoms with Crippen LogP contribution in [0.3, 0.4) is 0 Å². The summed E-state index contributed by atoms with van der Waals surface area (Å²) in [6.45, 7) is 5.54. The Kier molecular flexibility index (Phi) is 7.56. The summed E-state index contributed by atoms with van der Waals surface area (Å²) >= 11 is 0. The summed E-state index contributed by atoms with van der Waals surface area (Å²) in [6, 6.07) is 0.555. The molecule has 2 fully saturated rings. The lowest BCUT2D eigenvalue weighted by molar-refractivity contribution is -0.133. The normalized spacial score (nSPS) is 23.7.